The molecule has 8 heteroatoms. The summed E-state index contributed by atoms with van der Waals surface area (Å²) in [7, 11) is -3.24. The number of benzene rings is 2. The van der Waals surface area contributed by atoms with E-state index in [2.05, 4.69) is 5.32 Å². The molecule has 30 heavy (non-hydrogen) atoms. The molecular formula is C22H19NO6S. The molecule has 0 saturated heterocycles. The predicted octanol–water partition coefficient (Wildman–Crippen LogP) is 2.57. The molecule has 1 N–H and O–H groups in total. The number of rotatable bonds is 5. The first-order valence-corrected chi connectivity index (χ1v) is 11.0. The molecule has 7 nitrogen and oxygen atoms in total. The summed E-state index contributed by atoms with van der Waals surface area (Å²) in [6, 6.07) is 13.5. The molecule has 0 saturated carbocycles. The van der Waals surface area contributed by atoms with Crippen LogP contribution in [0, 0.1) is 6.92 Å². The Morgan fingerprint density at radius 3 is 2.67 bits per heavy atom. The molecule has 1 aromatic heterocycles. The Balaban J connectivity index is 1.51. The monoisotopic (exact) mass is 425 g/mol. The van der Waals surface area contributed by atoms with Crippen LogP contribution in [0.2, 0.25) is 0 Å². The van der Waals surface area contributed by atoms with E-state index in [1.165, 1.54) is 6.08 Å². The molecule has 4 rings (SSSR count). The Labute approximate surface area is 172 Å². The molecule has 2 heterocycles. The van der Waals surface area contributed by atoms with Gasteiger partial charge in [0.2, 0.25) is 5.43 Å². The molecule has 1 aliphatic rings. The van der Waals surface area contributed by atoms with Gasteiger partial charge in [-0.1, -0.05) is 30.3 Å². The maximum absolute atomic E-state index is 13.0. The number of ether oxygens (including phenoxy) is 1. The predicted molar refractivity (Wildman–Crippen MR) is 113 cm³/mol. The summed E-state index contributed by atoms with van der Waals surface area (Å²) in [4.78, 5) is 25.0. The van der Waals surface area contributed by atoms with Crippen molar-refractivity contribution in [2.75, 3.05) is 12.4 Å². The first-order valence-electron chi connectivity index (χ1n) is 9.28. The lowest BCUT2D eigenvalue weighted by atomic mass is 10.0. The van der Waals surface area contributed by atoms with E-state index in [1.54, 1.807) is 25.1 Å². The van der Waals surface area contributed by atoms with Gasteiger partial charge in [-0.2, -0.15) is 0 Å². The molecule has 1 atom stereocenters. The van der Waals surface area contributed by atoms with Crippen LogP contribution >= 0.6 is 0 Å². The summed E-state index contributed by atoms with van der Waals surface area (Å²) >= 11 is 0. The summed E-state index contributed by atoms with van der Waals surface area (Å²) in [5.74, 6) is 0.257. The van der Waals surface area contributed by atoms with Crippen LogP contribution in [-0.2, 0) is 14.6 Å². The van der Waals surface area contributed by atoms with E-state index in [4.69, 9.17) is 9.15 Å². The van der Waals surface area contributed by atoms with Crippen molar-refractivity contribution < 1.29 is 22.4 Å². The van der Waals surface area contributed by atoms with Gasteiger partial charge in [0.1, 0.15) is 17.1 Å². The number of fused-ring (bicyclic) bond motifs is 1. The lowest BCUT2D eigenvalue weighted by Gasteiger charge is -2.12. The number of hydrogen-bond donors (Lipinski definition) is 1. The third-order valence-corrected chi connectivity index (χ3v) is 6.14. The van der Waals surface area contributed by atoms with Crippen molar-refractivity contribution in [2.24, 2.45) is 0 Å². The second-order valence-electron chi connectivity index (χ2n) is 7.01. The average molecular weight is 425 g/mol. The number of nitrogens with one attached hydrogen (secondary N) is 1. The van der Waals surface area contributed by atoms with Crippen LogP contribution in [0.1, 0.15) is 5.76 Å². The van der Waals surface area contributed by atoms with Gasteiger partial charge in [0.15, 0.2) is 16.4 Å². The van der Waals surface area contributed by atoms with Gasteiger partial charge in [0.05, 0.1) is 22.7 Å². The van der Waals surface area contributed by atoms with Crippen LogP contribution in [0.5, 0.6) is 5.75 Å². The van der Waals surface area contributed by atoms with Gasteiger partial charge in [-0.3, -0.25) is 9.59 Å². The Morgan fingerprint density at radius 1 is 1.20 bits per heavy atom. The zero-order valence-electron chi connectivity index (χ0n) is 16.1. The van der Waals surface area contributed by atoms with E-state index in [9.17, 15) is 18.0 Å². The lowest BCUT2D eigenvalue weighted by Crippen LogP contribution is -2.38. The molecule has 0 fully saturated rings. The largest absolute Gasteiger partial charge is 0.484 e. The highest BCUT2D eigenvalue weighted by Gasteiger charge is 2.23. The summed E-state index contributed by atoms with van der Waals surface area (Å²) in [5.41, 5.74) is 1.51. The maximum atomic E-state index is 13.0. The fraction of sp³-hybridized carbons (Fsp3) is 0.182. The topological polar surface area (TPSA) is 103 Å². The Morgan fingerprint density at radius 2 is 1.97 bits per heavy atom. The van der Waals surface area contributed by atoms with Gasteiger partial charge in [-0.15, -0.1) is 0 Å². The van der Waals surface area contributed by atoms with Gasteiger partial charge in [-0.25, -0.2) is 8.42 Å². The normalized spacial score (nSPS) is 17.2. The summed E-state index contributed by atoms with van der Waals surface area (Å²) in [5, 5.41) is 4.09. The first kappa shape index (κ1) is 19.9. The molecular weight excluding hydrogens is 406 g/mol. The number of amides is 1. The van der Waals surface area contributed by atoms with Crippen molar-refractivity contribution in [1.29, 1.82) is 0 Å². The molecule has 3 aromatic rings. The Kier molecular flexibility index (Phi) is 5.17. The summed E-state index contributed by atoms with van der Waals surface area (Å²) in [6.45, 7) is 1.44. The van der Waals surface area contributed by atoms with Crippen LogP contribution < -0.4 is 15.5 Å². The molecule has 0 aliphatic carbocycles. The molecule has 1 amide bonds. The smallest absolute Gasteiger partial charge is 0.258 e. The number of carbonyl (C=O) groups is 1. The van der Waals surface area contributed by atoms with Crippen molar-refractivity contribution in [1.82, 2.24) is 5.32 Å². The fourth-order valence-corrected chi connectivity index (χ4v) is 4.61. The highest BCUT2D eigenvalue weighted by molar-refractivity contribution is 7.94. The zero-order chi connectivity index (χ0) is 21.3. The van der Waals surface area contributed by atoms with E-state index in [0.29, 0.717) is 28.0 Å². The van der Waals surface area contributed by atoms with Gasteiger partial charge in [-0.05, 0) is 30.7 Å². The van der Waals surface area contributed by atoms with Gasteiger partial charge >= 0.3 is 0 Å². The van der Waals surface area contributed by atoms with Gasteiger partial charge < -0.3 is 14.5 Å². The third kappa shape index (κ3) is 4.13. The van der Waals surface area contributed by atoms with E-state index in [-0.39, 0.29) is 17.8 Å². The van der Waals surface area contributed by atoms with Crippen molar-refractivity contribution in [3.8, 4) is 16.9 Å². The highest BCUT2D eigenvalue weighted by Crippen LogP contribution is 2.26. The fourth-order valence-electron chi connectivity index (χ4n) is 3.38. The zero-order valence-corrected chi connectivity index (χ0v) is 16.9. The highest BCUT2D eigenvalue weighted by atomic mass is 32.2. The Hall–Kier alpha value is -3.39. The average Bonchev–Trinajstić information content (AvgIpc) is 3.05. The Bertz CT molecular complexity index is 1310. The van der Waals surface area contributed by atoms with Crippen LogP contribution in [0.4, 0.5) is 0 Å². The first-order chi connectivity index (χ1) is 14.3. The van der Waals surface area contributed by atoms with E-state index in [1.807, 2.05) is 30.3 Å². The van der Waals surface area contributed by atoms with E-state index in [0.717, 1.165) is 11.0 Å². The molecule has 0 bridgehead atoms. The lowest BCUT2D eigenvalue weighted by molar-refractivity contribution is -0.123. The number of aryl methyl sites for hydroxylation is 1. The standard InChI is InChI=1S/C22H19NO6S/c1-14-21(15-5-3-2-4-6-15)22(25)18-8-7-17(11-19(18)29-14)28-12-20(24)23-16-9-10-30(26,27)13-16/h2-11,16H,12-13H2,1H3,(H,23,24). The van der Waals surface area contributed by atoms with Crippen molar-refractivity contribution in [3.05, 3.63) is 76.0 Å². The summed E-state index contributed by atoms with van der Waals surface area (Å²) < 4.78 is 34.1. The van der Waals surface area contributed by atoms with Crippen molar-refractivity contribution in [2.45, 2.75) is 13.0 Å². The summed E-state index contributed by atoms with van der Waals surface area (Å²) in [6.07, 6.45) is 1.44. The second-order valence-corrected chi connectivity index (χ2v) is 8.94. The number of sulfone groups is 1. The molecule has 2 aromatic carbocycles. The van der Waals surface area contributed by atoms with Crippen LogP contribution in [0.3, 0.4) is 0 Å². The minimum atomic E-state index is -3.24. The molecule has 1 aliphatic heterocycles. The SMILES string of the molecule is Cc1oc2cc(OCC(=O)NC3C=CS(=O)(=O)C3)ccc2c(=O)c1-c1ccccc1. The number of hydrogen-bond acceptors (Lipinski definition) is 6. The van der Waals surface area contributed by atoms with Gasteiger partial charge in [0.25, 0.3) is 5.91 Å². The van der Waals surface area contributed by atoms with Crippen molar-refractivity contribution >= 4 is 26.7 Å². The van der Waals surface area contributed by atoms with Crippen LogP contribution in [0.15, 0.2) is 69.2 Å². The van der Waals surface area contributed by atoms with E-state index >= 15 is 0 Å². The van der Waals surface area contributed by atoms with Gasteiger partial charge in [0, 0.05) is 11.5 Å². The minimum absolute atomic E-state index is 0.140. The van der Waals surface area contributed by atoms with Crippen LogP contribution in [-0.4, -0.2) is 32.7 Å². The van der Waals surface area contributed by atoms with Crippen LogP contribution in [0.25, 0.3) is 22.1 Å². The number of carbonyl (C=O) groups excluding carboxylic acids is 1. The minimum Gasteiger partial charge on any atom is -0.484 e. The quantitative estimate of drug-likeness (QED) is 0.674. The maximum Gasteiger partial charge on any atom is 0.258 e. The molecule has 1 unspecified atom stereocenters. The third-order valence-electron chi connectivity index (χ3n) is 4.75. The molecule has 0 radical (unpaired) electrons. The molecule has 0 spiro atoms. The second kappa shape index (κ2) is 7.79. The van der Waals surface area contributed by atoms with Crippen molar-refractivity contribution in [3.63, 3.8) is 0 Å². The van der Waals surface area contributed by atoms with E-state index < -0.39 is 21.8 Å². The molecule has 154 valence electrons.